The third-order valence-electron chi connectivity index (χ3n) is 6.98. The Morgan fingerprint density at radius 3 is 2.33 bits per heavy atom. The number of pyridine rings is 1. The molecule has 0 aliphatic rings. The molecule has 0 N–H and O–H groups in total. The second kappa shape index (κ2) is 8.07. The minimum absolute atomic E-state index is 0.0645. The predicted octanol–water partition coefficient (Wildman–Crippen LogP) is 7.83. The molecule has 0 saturated carbocycles. The molecule has 3 heterocycles. The van der Waals surface area contributed by atoms with E-state index in [4.69, 9.17) is 14.4 Å². The van der Waals surface area contributed by atoms with Crippen molar-refractivity contribution >= 4 is 50.8 Å². The van der Waals surface area contributed by atoms with E-state index in [-0.39, 0.29) is 5.41 Å². The van der Waals surface area contributed by atoms with Gasteiger partial charge in [-0.2, -0.15) is 0 Å². The average Bonchev–Trinajstić information content (AvgIpc) is 3.41. The zero-order valence-corrected chi connectivity index (χ0v) is 23.9. The van der Waals surface area contributed by atoms with Crippen LogP contribution >= 0.6 is 0 Å². The monoisotopic (exact) mass is 535 g/mol. The van der Waals surface area contributed by atoms with E-state index in [0.717, 1.165) is 50.2 Å². The summed E-state index contributed by atoms with van der Waals surface area (Å²) in [5.41, 5.74) is 6.80. The summed E-state index contributed by atoms with van der Waals surface area (Å²) in [6.45, 7) is 6.71. The van der Waals surface area contributed by atoms with Crippen molar-refractivity contribution in [3.8, 4) is 17.1 Å². The Bertz CT molecular complexity index is 1750. The van der Waals surface area contributed by atoms with Crippen molar-refractivity contribution < 1.29 is 4.42 Å². The molecular formula is C31H31GeN3O. The number of aromatic nitrogens is 3. The zero-order chi connectivity index (χ0) is 25.2. The molecule has 6 aromatic rings. The van der Waals surface area contributed by atoms with Gasteiger partial charge >= 0.3 is 215 Å². The van der Waals surface area contributed by atoms with Gasteiger partial charge in [0.2, 0.25) is 0 Å². The van der Waals surface area contributed by atoms with Crippen molar-refractivity contribution in [2.75, 3.05) is 0 Å². The molecule has 6 rings (SSSR count). The number of fused-ring (bicyclic) bond motifs is 4. The summed E-state index contributed by atoms with van der Waals surface area (Å²) < 4.78 is 10.3. The van der Waals surface area contributed by atoms with Crippen LogP contribution in [0.3, 0.4) is 0 Å². The fourth-order valence-electron chi connectivity index (χ4n) is 5.06. The summed E-state index contributed by atoms with van der Waals surface area (Å²) in [6, 6.07) is 25.7. The second-order valence-electron chi connectivity index (χ2n) is 11.6. The summed E-state index contributed by atoms with van der Waals surface area (Å²) in [6.07, 6.45) is 1.87. The fraction of sp³-hybridized carbons (Fsp3) is 0.226. The molecule has 5 heteroatoms. The van der Waals surface area contributed by atoms with E-state index in [1.165, 1.54) is 9.96 Å². The number of imidazole rings is 1. The normalized spacial score (nSPS) is 12.7. The van der Waals surface area contributed by atoms with Crippen LogP contribution in [0.5, 0.6) is 0 Å². The number of hydrogen-bond donors (Lipinski definition) is 0. The van der Waals surface area contributed by atoms with E-state index >= 15 is 0 Å². The van der Waals surface area contributed by atoms with Crippen LogP contribution in [0.1, 0.15) is 26.3 Å². The Kier molecular flexibility index (Phi) is 5.17. The SMILES string of the molecule is CC(C)(C)c1ccnc2nc(-c3cccc4c3oc3c[c]([Ge]([CH3])([CH3])[CH3])ccc34)n(-c3ccccc3)c12. The Morgan fingerprint density at radius 2 is 1.61 bits per heavy atom. The standard InChI is InChI=1S/C31H31GeN3O/c1-31(2,3)25-17-18-33-29-27(25)35(21-11-8-7-9-12-21)30(34-29)24-14-10-13-23-22-16-15-20(32(4,5)6)19-26(22)36-28(23)24/h7-19H,1-6H3. The summed E-state index contributed by atoms with van der Waals surface area (Å²) >= 11 is -1.99. The van der Waals surface area contributed by atoms with Gasteiger partial charge in [0.1, 0.15) is 0 Å². The molecule has 0 aliphatic heterocycles. The first-order valence-corrected chi connectivity index (χ1v) is 19.9. The van der Waals surface area contributed by atoms with Crippen molar-refractivity contribution in [1.82, 2.24) is 14.5 Å². The van der Waals surface area contributed by atoms with Crippen molar-refractivity contribution in [1.29, 1.82) is 0 Å². The molecule has 0 radical (unpaired) electrons. The van der Waals surface area contributed by atoms with E-state index in [9.17, 15) is 0 Å². The van der Waals surface area contributed by atoms with Gasteiger partial charge in [0.05, 0.1) is 0 Å². The van der Waals surface area contributed by atoms with Crippen LogP contribution < -0.4 is 4.40 Å². The Morgan fingerprint density at radius 1 is 0.833 bits per heavy atom. The molecule has 0 unspecified atom stereocenters. The number of rotatable bonds is 3. The van der Waals surface area contributed by atoms with Crippen molar-refractivity contribution in [2.45, 2.75) is 43.5 Å². The maximum atomic E-state index is 6.61. The van der Waals surface area contributed by atoms with Crippen LogP contribution in [0.4, 0.5) is 0 Å². The van der Waals surface area contributed by atoms with Crippen molar-refractivity contribution in [3.05, 3.63) is 84.6 Å². The van der Waals surface area contributed by atoms with E-state index in [0.29, 0.717) is 0 Å². The summed E-state index contributed by atoms with van der Waals surface area (Å²) in [5.74, 6) is 8.09. The van der Waals surface area contributed by atoms with Gasteiger partial charge in [-0.3, -0.25) is 0 Å². The quantitative estimate of drug-likeness (QED) is 0.218. The first-order valence-electron chi connectivity index (χ1n) is 12.5. The van der Waals surface area contributed by atoms with Crippen LogP contribution in [0.25, 0.3) is 50.2 Å². The summed E-state index contributed by atoms with van der Waals surface area (Å²) in [7, 11) is 0. The number of furan rings is 1. The van der Waals surface area contributed by atoms with E-state index in [1.807, 2.05) is 12.3 Å². The first kappa shape index (κ1) is 23.0. The number of nitrogens with zero attached hydrogens (tertiary/aromatic N) is 3. The van der Waals surface area contributed by atoms with Gasteiger partial charge in [-0.1, -0.05) is 0 Å². The molecule has 4 nitrogen and oxygen atoms in total. The van der Waals surface area contributed by atoms with Gasteiger partial charge < -0.3 is 0 Å². The maximum absolute atomic E-state index is 6.61. The molecule has 3 aromatic heterocycles. The molecule has 0 amide bonds. The van der Waals surface area contributed by atoms with E-state index < -0.39 is 13.3 Å². The number of hydrogen-bond acceptors (Lipinski definition) is 3. The Hall–Kier alpha value is -3.38. The molecule has 0 bridgehead atoms. The van der Waals surface area contributed by atoms with Crippen molar-refractivity contribution in [2.24, 2.45) is 0 Å². The molecular weight excluding hydrogens is 503 g/mol. The molecule has 0 fully saturated rings. The molecule has 3 aromatic carbocycles. The van der Waals surface area contributed by atoms with Crippen LogP contribution in [-0.2, 0) is 5.41 Å². The predicted molar refractivity (Wildman–Crippen MR) is 153 cm³/mol. The molecule has 36 heavy (non-hydrogen) atoms. The summed E-state index contributed by atoms with van der Waals surface area (Å²) in [5, 5.41) is 2.27. The van der Waals surface area contributed by atoms with Gasteiger partial charge in [-0.05, 0) is 0 Å². The Labute approximate surface area is 214 Å². The minimum atomic E-state index is -1.99. The average molecular weight is 534 g/mol. The third-order valence-corrected chi connectivity index (χ3v) is 11.3. The molecule has 0 spiro atoms. The Balaban J connectivity index is 1.71. The second-order valence-corrected chi connectivity index (χ2v) is 22.3. The van der Waals surface area contributed by atoms with Gasteiger partial charge in [0.15, 0.2) is 0 Å². The van der Waals surface area contributed by atoms with Gasteiger partial charge in [0, 0.05) is 0 Å². The van der Waals surface area contributed by atoms with Gasteiger partial charge in [-0.15, -0.1) is 0 Å². The van der Waals surface area contributed by atoms with Crippen LogP contribution in [0.2, 0.25) is 17.3 Å². The molecule has 180 valence electrons. The van der Waals surface area contributed by atoms with Gasteiger partial charge in [-0.25, -0.2) is 0 Å². The van der Waals surface area contributed by atoms with Crippen LogP contribution in [0.15, 0.2) is 83.4 Å². The third kappa shape index (κ3) is 3.67. The molecule has 0 saturated heterocycles. The van der Waals surface area contributed by atoms with Crippen LogP contribution in [0, 0.1) is 0 Å². The zero-order valence-electron chi connectivity index (χ0n) is 21.8. The molecule has 0 atom stereocenters. The van der Waals surface area contributed by atoms with E-state index in [1.54, 1.807) is 0 Å². The van der Waals surface area contributed by atoms with Gasteiger partial charge in [0.25, 0.3) is 0 Å². The molecule has 0 aliphatic carbocycles. The fourth-order valence-corrected chi connectivity index (χ4v) is 7.46. The van der Waals surface area contributed by atoms with Crippen molar-refractivity contribution in [3.63, 3.8) is 0 Å². The topological polar surface area (TPSA) is 43.9 Å². The summed E-state index contributed by atoms with van der Waals surface area (Å²) in [4.78, 5) is 9.80. The van der Waals surface area contributed by atoms with Crippen LogP contribution in [-0.4, -0.2) is 27.8 Å². The first-order chi connectivity index (χ1) is 17.1. The number of para-hydroxylation sites is 2. The van der Waals surface area contributed by atoms with E-state index in [2.05, 4.69) is 109 Å². The number of benzene rings is 3.